The Balaban J connectivity index is 1.94. The summed E-state index contributed by atoms with van der Waals surface area (Å²) in [4.78, 5) is 1.49. The Morgan fingerprint density at radius 1 is 1.42 bits per heavy atom. The molecule has 2 nitrogen and oxygen atoms in total. The maximum atomic E-state index is 9.10. The van der Waals surface area contributed by atoms with Crippen molar-refractivity contribution in [3.8, 4) is 0 Å². The van der Waals surface area contributed by atoms with Crippen LogP contribution in [-0.4, -0.2) is 18.3 Å². The molecule has 2 rings (SSSR count). The molecule has 1 aliphatic carbocycles. The quantitative estimate of drug-likeness (QED) is 0.755. The molecular formula is C16H27NOS. The molecular weight excluding hydrogens is 254 g/mol. The Labute approximate surface area is 121 Å². The number of hydrogen-bond donors (Lipinski definition) is 2. The van der Waals surface area contributed by atoms with Gasteiger partial charge in [-0.05, 0) is 49.1 Å². The Morgan fingerprint density at radius 3 is 2.79 bits per heavy atom. The molecule has 1 heterocycles. The minimum Gasteiger partial charge on any atom is -0.396 e. The van der Waals surface area contributed by atoms with Gasteiger partial charge in [-0.3, -0.25) is 0 Å². The van der Waals surface area contributed by atoms with E-state index in [1.54, 1.807) is 0 Å². The van der Waals surface area contributed by atoms with E-state index in [0.717, 1.165) is 25.3 Å². The van der Waals surface area contributed by atoms with Gasteiger partial charge in [0.05, 0.1) is 0 Å². The number of thiophene rings is 1. The first kappa shape index (κ1) is 15.0. The zero-order valence-corrected chi connectivity index (χ0v) is 12.8. The fourth-order valence-corrected chi connectivity index (χ4v) is 4.08. The van der Waals surface area contributed by atoms with Crippen LogP contribution in [0, 0.1) is 11.8 Å². The van der Waals surface area contributed by atoms with Gasteiger partial charge in [-0.25, -0.2) is 0 Å². The van der Waals surface area contributed by atoms with Crippen molar-refractivity contribution in [2.75, 3.05) is 13.2 Å². The number of nitrogens with one attached hydrogen (secondary N) is 1. The third-order valence-corrected chi connectivity index (χ3v) is 5.42. The predicted octanol–water partition coefficient (Wildman–Crippen LogP) is 3.98. The Hall–Kier alpha value is -0.380. The molecule has 0 radical (unpaired) electrons. The summed E-state index contributed by atoms with van der Waals surface area (Å²) < 4.78 is 0. The minimum absolute atomic E-state index is 0.313. The van der Waals surface area contributed by atoms with Crippen LogP contribution in [0.4, 0.5) is 0 Å². The second-order valence-electron chi connectivity index (χ2n) is 5.73. The van der Waals surface area contributed by atoms with Gasteiger partial charge in [0.25, 0.3) is 0 Å². The van der Waals surface area contributed by atoms with Crippen molar-refractivity contribution in [1.82, 2.24) is 5.32 Å². The number of aliphatic hydroxyl groups is 1. The summed E-state index contributed by atoms with van der Waals surface area (Å²) in [5.74, 6) is 1.42. The van der Waals surface area contributed by atoms with E-state index in [2.05, 4.69) is 29.8 Å². The first-order chi connectivity index (χ1) is 9.35. The monoisotopic (exact) mass is 281 g/mol. The smallest absolute Gasteiger partial charge is 0.0443 e. The van der Waals surface area contributed by atoms with Crippen LogP contribution >= 0.6 is 11.3 Å². The average Bonchev–Trinajstić information content (AvgIpc) is 3.11. The third-order valence-electron chi connectivity index (χ3n) is 4.46. The van der Waals surface area contributed by atoms with Crippen molar-refractivity contribution >= 4 is 11.3 Å². The van der Waals surface area contributed by atoms with Gasteiger partial charge in [0.1, 0.15) is 0 Å². The largest absolute Gasteiger partial charge is 0.396 e. The zero-order valence-electron chi connectivity index (χ0n) is 12.0. The van der Waals surface area contributed by atoms with E-state index in [1.165, 1.54) is 30.6 Å². The molecule has 108 valence electrons. The summed E-state index contributed by atoms with van der Waals surface area (Å²) in [6.07, 6.45) is 7.59. The highest BCUT2D eigenvalue weighted by molar-refractivity contribution is 7.10. The van der Waals surface area contributed by atoms with E-state index >= 15 is 0 Å². The van der Waals surface area contributed by atoms with E-state index in [-0.39, 0.29) is 0 Å². The molecule has 0 aromatic carbocycles. The van der Waals surface area contributed by atoms with Crippen LogP contribution in [0.5, 0.6) is 0 Å². The molecule has 1 aliphatic rings. The van der Waals surface area contributed by atoms with Crippen LogP contribution in [0.3, 0.4) is 0 Å². The highest BCUT2D eigenvalue weighted by Gasteiger charge is 2.27. The van der Waals surface area contributed by atoms with Crippen molar-refractivity contribution < 1.29 is 5.11 Å². The first-order valence-electron chi connectivity index (χ1n) is 7.72. The summed E-state index contributed by atoms with van der Waals surface area (Å²) >= 11 is 1.88. The van der Waals surface area contributed by atoms with Gasteiger partial charge in [0.15, 0.2) is 0 Å². The molecule has 3 heteroatoms. The lowest BCUT2D eigenvalue weighted by molar-refractivity contribution is 0.243. The molecule has 1 saturated carbocycles. The molecule has 2 unspecified atom stereocenters. The van der Waals surface area contributed by atoms with Crippen molar-refractivity contribution in [2.24, 2.45) is 11.8 Å². The van der Waals surface area contributed by atoms with Crippen molar-refractivity contribution in [3.63, 3.8) is 0 Å². The topological polar surface area (TPSA) is 32.3 Å². The molecule has 1 fully saturated rings. The second kappa shape index (κ2) is 8.03. The Bertz CT molecular complexity index is 333. The van der Waals surface area contributed by atoms with Crippen LogP contribution < -0.4 is 5.32 Å². The van der Waals surface area contributed by atoms with E-state index in [9.17, 15) is 0 Å². The summed E-state index contributed by atoms with van der Waals surface area (Å²) in [5.41, 5.74) is 0. The van der Waals surface area contributed by atoms with Crippen LogP contribution in [0.2, 0.25) is 0 Å². The summed E-state index contributed by atoms with van der Waals surface area (Å²) in [6.45, 7) is 3.57. The van der Waals surface area contributed by atoms with Gasteiger partial charge in [-0.2, -0.15) is 0 Å². The maximum Gasteiger partial charge on any atom is 0.0443 e. The summed E-state index contributed by atoms with van der Waals surface area (Å²) in [7, 11) is 0. The molecule has 0 amide bonds. The van der Waals surface area contributed by atoms with Crippen LogP contribution in [0.1, 0.15) is 56.4 Å². The molecule has 2 N–H and O–H groups in total. The van der Waals surface area contributed by atoms with Crippen molar-refractivity contribution in [3.05, 3.63) is 22.4 Å². The van der Waals surface area contributed by atoms with Crippen molar-refractivity contribution in [2.45, 2.75) is 51.5 Å². The van der Waals surface area contributed by atoms with E-state index in [0.29, 0.717) is 18.6 Å². The third kappa shape index (κ3) is 4.30. The fraction of sp³-hybridized carbons (Fsp3) is 0.750. The average molecular weight is 281 g/mol. The SMILES string of the molecule is CCC(CCO)CNC(c1cccs1)C1CCCC1. The van der Waals surface area contributed by atoms with Crippen molar-refractivity contribution in [1.29, 1.82) is 0 Å². The minimum atomic E-state index is 0.313. The number of rotatable bonds is 8. The molecule has 1 aromatic rings. The second-order valence-corrected chi connectivity index (χ2v) is 6.71. The molecule has 0 bridgehead atoms. The molecule has 2 atom stereocenters. The Morgan fingerprint density at radius 2 is 2.21 bits per heavy atom. The van der Waals surface area contributed by atoms with Gasteiger partial charge in [0.2, 0.25) is 0 Å². The van der Waals surface area contributed by atoms with Gasteiger partial charge in [-0.15, -0.1) is 11.3 Å². The lowest BCUT2D eigenvalue weighted by Gasteiger charge is -2.26. The summed E-state index contributed by atoms with van der Waals surface area (Å²) in [6, 6.07) is 4.97. The fourth-order valence-electron chi connectivity index (χ4n) is 3.19. The van der Waals surface area contributed by atoms with Gasteiger partial charge < -0.3 is 10.4 Å². The number of hydrogen-bond acceptors (Lipinski definition) is 3. The van der Waals surface area contributed by atoms with Crippen LogP contribution in [0.15, 0.2) is 17.5 Å². The standard InChI is InChI=1S/C16H27NOS/c1-2-13(9-10-18)12-17-16(14-6-3-4-7-14)15-8-5-11-19-15/h5,8,11,13-14,16-18H,2-4,6-7,9-10,12H2,1H3. The van der Waals surface area contributed by atoms with E-state index in [4.69, 9.17) is 5.11 Å². The van der Waals surface area contributed by atoms with Crippen LogP contribution in [-0.2, 0) is 0 Å². The molecule has 1 aromatic heterocycles. The summed E-state index contributed by atoms with van der Waals surface area (Å²) in [5, 5.41) is 15.1. The van der Waals surface area contributed by atoms with Gasteiger partial charge >= 0.3 is 0 Å². The molecule has 0 aliphatic heterocycles. The molecule has 0 spiro atoms. The Kier molecular flexibility index (Phi) is 6.35. The highest BCUT2D eigenvalue weighted by atomic mass is 32.1. The lowest BCUT2D eigenvalue weighted by atomic mass is 9.95. The van der Waals surface area contributed by atoms with Crippen LogP contribution in [0.25, 0.3) is 0 Å². The predicted molar refractivity (Wildman–Crippen MR) is 82.5 cm³/mol. The van der Waals surface area contributed by atoms with Gasteiger partial charge in [-0.1, -0.05) is 32.3 Å². The van der Waals surface area contributed by atoms with E-state index < -0.39 is 0 Å². The number of aliphatic hydroxyl groups excluding tert-OH is 1. The molecule has 19 heavy (non-hydrogen) atoms. The highest BCUT2D eigenvalue weighted by Crippen LogP contribution is 2.37. The van der Waals surface area contributed by atoms with E-state index in [1.807, 2.05) is 11.3 Å². The normalized spacial score (nSPS) is 19.7. The van der Waals surface area contributed by atoms with Gasteiger partial charge in [0, 0.05) is 17.5 Å². The molecule has 0 saturated heterocycles. The zero-order chi connectivity index (χ0) is 13.5. The lowest BCUT2D eigenvalue weighted by Crippen LogP contribution is -2.31. The first-order valence-corrected chi connectivity index (χ1v) is 8.60. The maximum absolute atomic E-state index is 9.10.